The van der Waals surface area contributed by atoms with Crippen LogP contribution in [0.1, 0.15) is 41.0 Å². The second-order valence-corrected chi connectivity index (χ2v) is 4.03. The minimum Gasteiger partial charge on any atom is -0.376 e. The molecule has 3 nitrogen and oxygen atoms in total. The van der Waals surface area contributed by atoms with Crippen LogP contribution in [-0.2, 0) is 9.62 Å². The molecular weight excluding hydrogens is 168 g/mol. The van der Waals surface area contributed by atoms with Crippen LogP contribution < -0.4 is 0 Å². The van der Waals surface area contributed by atoms with Crippen LogP contribution in [0.3, 0.4) is 0 Å². The third-order valence-corrected chi connectivity index (χ3v) is 2.65. The molecule has 0 spiro atoms. The van der Waals surface area contributed by atoms with E-state index in [2.05, 4.69) is 25.7 Å². The van der Waals surface area contributed by atoms with Gasteiger partial charge in [0.1, 0.15) is 6.10 Å². The minimum atomic E-state index is -0.266. The lowest BCUT2D eigenvalue weighted by Gasteiger charge is -2.34. The molecule has 2 unspecified atom stereocenters. The third-order valence-electron chi connectivity index (χ3n) is 2.65. The molecule has 0 heterocycles. The van der Waals surface area contributed by atoms with Gasteiger partial charge in [0, 0.05) is 6.61 Å². The van der Waals surface area contributed by atoms with Gasteiger partial charge >= 0.3 is 0 Å². The molecule has 0 aliphatic rings. The number of hydrogen-bond donors (Lipinski definition) is 1. The van der Waals surface area contributed by atoms with Gasteiger partial charge < -0.3 is 4.74 Å². The van der Waals surface area contributed by atoms with Crippen molar-refractivity contribution in [2.24, 2.45) is 5.41 Å². The average molecular weight is 190 g/mol. The predicted octanol–water partition coefficient (Wildman–Crippen LogP) is 2.71. The third kappa shape index (κ3) is 3.63. The van der Waals surface area contributed by atoms with Crippen LogP contribution in [0.4, 0.5) is 0 Å². The SMILES string of the molecule is CCOC(C)C(OO)C(C)(C)CC. The smallest absolute Gasteiger partial charge is 0.123 e. The highest BCUT2D eigenvalue weighted by Crippen LogP contribution is 2.29. The van der Waals surface area contributed by atoms with Gasteiger partial charge in [0.15, 0.2) is 0 Å². The van der Waals surface area contributed by atoms with Crippen LogP contribution in [0.25, 0.3) is 0 Å². The Balaban J connectivity index is 4.31. The van der Waals surface area contributed by atoms with E-state index in [0.29, 0.717) is 6.61 Å². The maximum absolute atomic E-state index is 8.81. The Morgan fingerprint density at radius 3 is 2.15 bits per heavy atom. The van der Waals surface area contributed by atoms with E-state index in [-0.39, 0.29) is 17.6 Å². The zero-order valence-corrected chi connectivity index (χ0v) is 9.33. The molecule has 0 aromatic rings. The molecule has 3 heteroatoms. The molecule has 1 N–H and O–H groups in total. The summed E-state index contributed by atoms with van der Waals surface area (Å²) < 4.78 is 5.40. The van der Waals surface area contributed by atoms with E-state index in [1.165, 1.54) is 0 Å². The second-order valence-electron chi connectivity index (χ2n) is 4.03. The Morgan fingerprint density at radius 1 is 1.31 bits per heavy atom. The Bertz CT molecular complexity index is 134. The van der Waals surface area contributed by atoms with Crippen LogP contribution in [0.15, 0.2) is 0 Å². The largest absolute Gasteiger partial charge is 0.376 e. The van der Waals surface area contributed by atoms with Crippen molar-refractivity contribution in [3.05, 3.63) is 0 Å². The van der Waals surface area contributed by atoms with E-state index in [0.717, 1.165) is 6.42 Å². The van der Waals surface area contributed by atoms with Gasteiger partial charge in [-0.05, 0) is 25.7 Å². The first-order valence-electron chi connectivity index (χ1n) is 4.91. The Kier molecular flexibility index (Phi) is 5.53. The van der Waals surface area contributed by atoms with Crippen molar-refractivity contribution < 1.29 is 14.9 Å². The van der Waals surface area contributed by atoms with Gasteiger partial charge in [-0.15, -0.1) is 0 Å². The number of ether oxygens (including phenoxy) is 1. The number of hydrogen-bond acceptors (Lipinski definition) is 3. The van der Waals surface area contributed by atoms with Gasteiger partial charge in [-0.1, -0.05) is 20.8 Å². The summed E-state index contributed by atoms with van der Waals surface area (Å²) in [4.78, 5) is 4.50. The molecule has 0 aliphatic carbocycles. The molecule has 0 fully saturated rings. The first-order chi connectivity index (χ1) is 5.99. The quantitative estimate of drug-likeness (QED) is 0.517. The lowest BCUT2D eigenvalue weighted by molar-refractivity contribution is -0.322. The predicted molar refractivity (Wildman–Crippen MR) is 52.7 cm³/mol. The van der Waals surface area contributed by atoms with E-state index in [1.807, 2.05) is 13.8 Å². The van der Waals surface area contributed by atoms with Crippen molar-refractivity contribution in [2.45, 2.75) is 53.2 Å². The summed E-state index contributed by atoms with van der Waals surface area (Å²) in [6.45, 7) is 10.7. The van der Waals surface area contributed by atoms with Gasteiger partial charge in [-0.2, -0.15) is 0 Å². The highest BCUT2D eigenvalue weighted by molar-refractivity contribution is 4.81. The van der Waals surface area contributed by atoms with Crippen molar-refractivity contribution in [1.82, 2.24) is 0 Å². The topological polar surface area (TPSA) is 38.7 Å². The van der Waals surface area contributed by atoms with Crippen molar-refractivity contribution >= 4 is 0 Å². The molecule has 2 atom stereocenters. The summed E-state index contributed by atoms with van der Waals surface area (Å²) in [5.74, 6) is 0. The molecule has 0 amide bonds. The molecule has 0 bridgehead atoms. The summed E-state index contributed by atoms with van der Waals surface area (Å²) >= 11 is 0. The normalized spacial score (nSPS) is 17.1. The Hall–Kier alpha value is -0.120. The zero-order chi connectivity index (χ0) is 10.5. The average Bonchev–Trinajstić information content (AvgIpc) is 2.05. The maximum atomic E-state index is 8.81. The maximum Gasteiger partial charge on any atom is 0.123 e. The summed E-state index contributed by atoms with van der Waals surface area (Å²) in [7, 11) is 0. The minimum absolute atomic E-state index is 0.0661. The fourth-order valence-corrected chi connectivity index (χ4v) is 1.42. The lowest BCUT2D eigenvalue weighted by Crippen LogP contribution is -2.40. The summed E-state index contributed by atoms with van der Waals surface area (Å²) in [5.41, 5.74) is -0.0661. The highest BCUT2D eigenvalue weighted by atomic mass is 17.1. The van der Waals surface area contributed by atoms with Gasteiger partial charge in [0.25, 0.3) is 0 Å². The Morgan fingerprint density at radius 2 is 1.85 bits per heavy atom. The van der Waals surface area contributed by atoms with Gasteiger partial charge in [0.2, 0.25) is 0 Å². The standard InChI is InChI=1S/C10H22O3/c1-6-10(4,5)9(13-11)8(3)12-7-2/h8-9,11H,6-7H2,1-5H3. The van der Waals surface area contributed by atoms with Gasteiger partial charge in [0.05, 0.1) is 6.10 Å². The van der Waals surface area contributed by atoms with E-state index < -0.39 is 0 Å². The molecule has 0 rings (SSSR count). The molecule has 0 saturated carbocycles. The molecular formula is C10H22O3. The molecule has 0 aliphatic heterocycles. The van der Waals surface area contributed by atoms with Crippen LogP contribution in [0.2, 0.25) is 0 Å². The van der Waals surface area contributed by atoms with Crippen molar-refractivity contribution in [3.63, 3.8) is 0 Å². The monoisotopic (exact) mass is 190 g/mol. The first-order valence-corrected chi connectivity index (χ1v) is 4.91. The second kappa shape index (κ2) is 5.58. The Labute approximate surface area is 81.0 Å². The van der Waals surface area contributed by atoms with E-state index >= 15 is 0 Å². The van der Waals surface area contributed by atoms with Crippen LogP contribution in [0.5, 0.6) is 0 Å². The van der Waals surface area contributed by atoms with Crippen molar-refractivity contribution in [2.75, 3.05) is 6.61 Å². The number of rotatable bonds is 6. The van der Waals surface area contributed by atoms with Crippen molar-refractivity contribution in [3.8, 4) is 0 Å². The molecule has 0 aromatic carbocycles. The molecule has 13 heavy (non-hydrogen) atoms. The fraction of sp³-hybridized carbons (Fsp3) is 1.00. The fourth-order valence-electron chi connectivity index (χ4n) is 1.42. The summed E-state index contributed by atoms with van der Waals surface area (Å²) in [5, 5.41) is 8.81. The van der Waals surface area contributed by atoms with Crippen LogP contribution >= 0.6 is 0 Å². The van der Waals surface area contributed by atoms with Crippen LogP contribution in [0, 0.1) is 5.41 Å². The van der Waals surface area contributed by atoms with E-state index in [4.69, 9.17) is 9.99 Å². The molecule has 0 radical (unpaired) electrons. The summed E-state index contributed by atoms with van der Waals surface area (Å²) in [6.07, 6.45) is 0.595. The molecule has 0 saturated heterocycles. The zero-order valence-electron chi connectivity index (χ0n) is 9.33. The molecule has 80 valence electrons. The summed E-state index contributed by atoms with van der Waals surface area (Å²) in [6, 6.07) is 0. The van der Waals surface area contributed by atoms with Gasteiger partial charge in [-0.3, -0.25) is 5.26 Å². The lowest BCUT2D eigenvalue weighted by atomic mass is 9.81. The first kappa shape index (κ1) is 12.9. The van der Waals surface area contributed by atoms with Gasteiger partial charge in [-0.25, -0.2) is 4.89 Å². The van der Waals surface area contributed by atoms with Crippen LogP contribution in [-0.4, -0.2) is 24.1 Å². The van der Waals surface area contributed by atoms with E-state index in [1.54, 1.807) is 0 Å². The highest BCUT2D eigenvalue weighted by Gasteiger charge is 2.34. The van der Waals surface area contributed by atoms with Crippen molar-refractivity contribution in [1.29, 1.82) is 0 Å². The van der Waals surface area contributed by atoms with E-state index in [9.17, 15) is 0 Å². The molecule has 0 aromatic heterocycles.